The predicted molar refractivity (Wildman–Crippen MR) is 299 cm³/mol. The van der Waals surface area contributed by atoms with E-state index in [4.69, 9.17) is 9.47 Å². The normalized spacial score (nSPS) is 11.3. The van der Waals surface area contributed by atoms with Crippen LogP contribution in [0.25, 0.3) is 46.6 Å². The molecule has 0 aliphatic heterocycles. The van der Waals surface area contributed by atoms with Crippen LogP contribution in [0.2, 0.25) is 0 Å². The fourth-order valence-corrected chi connectivity index (χ4v) is 9.02. The lowest BCUT2D eigenvalue weighted by Crippen LogP contribution is -2.11. The summed E-state index contributed by atoms with van der Waals surface area (Å²) in [5.41, 5.74) is 20.8. The van der Waals surface area contributed by atoms with Gasteiger partial charge in [0.25, 0.3) is 0 Å². The summed E-state index contributed by atoms with van der Waals surface area (Å²) in [6.45, 7) is 14.0. The summed E-state index contributed by atoms with van der Waals surface area (Å²) in [5, 5.41) is 0. The first kappa shape index (κ1) is 46.8. The first-order valence-corrected chi connectivity index (χ1v) is 24.3. The number of nitrogens with zero attached hydrogens (tertiary/aromatic N) is 2. The quantitative estimate of drug-likeness (QED) is 0.0902. The number of rotatable bonds is 16. The fourth-order valence-electron chi connectivity index (χ4n) is 9.02. The SMILES string of the molecule is CCOc1ccc(/C=C/c2ccc(N(c3ccc(-c4ccc(-c5ccc(N(c6ccc(/C=C/c7ccccc7OCC)cc6)c6ccc(C)cc6C)cc5)cc4)cc3)c3ccc(C)cc3C)cc2)cc1. The van der Waals surface area contributed by atoms with Crippen LogP contribution < -0.4 is 19.3 Å². The van der Waals surface area contributed by atoms with Gasteiger partial charge in [0.1, 0.15) is 11.5 Å². The minimum atomic E-state index is 0.635. The fraction of sp³-hybridized carbons (Fsp3) is 0.121. The molecule has 9 rings (SSSR count). The number of aryl methyl sites for hydroxylation is 4. The first-order chi connectivity index (χ1) is 34.2. The van der Waals surface area contributed by atoms with Gasteiger partial charge in [0.2, 0.25) is 0 Å². The van der Waals surface area contributed by atoms with Crippen molar-refractivity contribution in [1.29, 1.82) is 0 Å². The van der Waals surface area contributed by atoms with Gasteiger partial charge in [0.05, 0.1) is 13.2 Å². The van der Waals surface area contributed by atoms with Crippen LogP contribution in [0, 0.1) is 27.7 Å². The van der Waals surface area contributed by atoms with Gasteiger partial charge in [-0.1, -0.05) is 163 Å². The van der Waals surface area contributed by atoms with Crippen LogP contribution in [-0.2, 0) is 0 Å². The van der Waals surface area contributed by atoms with Gasteiger partial charge in [-0.2, -0.15) is 0 Å². The molecule has 0 unspecified atom stereocenters. The van der Waals surface area contributed by atoms with Gasteiger partial charge in [0, 0.05) is 39.7 Å². The molecular weight excluding hydrogens is 853 g/mol. The number of benzene rings is 9. The molecule has 0 spiro atoms. The molecule has 0 N–H and O–H groups in total. The van der Waals surface area contributed by atoms with Gasteiger partial charge in [-0.05, 0) is 170 Å². The minimum Gasteiger partial charge on any atom is -0.494 e. The van der Waals surface area contributed by atoms with Crippen LogP contribution in [-0.4, -0.2) is 13.2 Å². The third kappa shape index (κ3) is 11.0. The zero-order valence-corrected chi connectivity index (χ0v) is 41.1. The van der Waals surface area contributed by atoms with Gasteiger partial charge in [0.15, 0.2) is 0 Å². The van der Waals surface area contributed by atoms with Crippen molar-refractivity contribution < 1.29 is 9.47 Å². The molecule has 0 saturated carbocycles. The summed E-state index contributed by atoms with van der Waals surface area (Å²) in [7, 11) is 0. The first-order valence-electron chi connectivity index (χ1n) is 24.3. The number of ether oxygens (including phenoxy) is 2. The number of hydrogen-bond donors (Lipinski definition) is 0. The Morgan fingerprint density at radius 1 is 0.357 bits per heavy atom. The Bertz CT molecular complexity index is 3220. The second-order valence-corrected chi connectivity index (χ2v) is 17.7. The maximum atomic E-state index is 5.85. The molecule has 0 bridgehead atoms. The lowest BCUT2D eigenvalue weighted by molar-refractivity contribution is 0.339. The third-order valence-electron chi connectivity index (χ3n) is 12.6. The van der Waals surface area contributed by atoms with Crippen LogP contribution in [0.15, 0.2) is 206 Å². The zero-order valence-electron chi connectivity index (χ0n) is 41.1. The van der Waals surface area contributed by atoms with Crippen molar-refractivity contribution in [2.45, 2.75) is 41.5 Å². The highest BCUT2D eigenvalue weighted by atomic mass is 16.5. The van der Waals surface area contributed by atoms with Crippen molar-refractivity contribution in [3.05, 3.63) is 251 Å². The van der Waals surface area contributed by atoms with E-state index in [1.807, 2.05) is 44.2 Å². The van der Waals surface area contributed by atoms with Crippen LogP contribution in [0.5, 0.6) is 11.5 Å². The zero-order chi connectivity index (χ0) is 48.4. The maximum Gasteiger partial charge on any atom is 0.126 e. The lowest BCUT2D eigenvalue weighted by atomic mass is 9.99. The third-order valence-corrected chi connectivity index (χ3v) is 12.6. The molecule has 4 heteroatoms. The smallest absolute Gasteiger partial charge is 0.126 e. The topological polar surface area (TPSA) is 24.9 Å². The summed E-state index contributed by atoms with van der Waals surface area (Å²) < 4.78 is 11.5. The van der Waals surface area contributed by atoms with Crippen molar-refractivity contribution >= 4 is 58.4 Å². The summed E-state index contributed by atoms with van der Waals surface area (Å²) in [5.74, 6) is 1.78. The molecule has 0 aromatic heterocycles. The molecule has 0 aliphatic rings. The monoisotopic (exact) mass is 912 g/mol. The molecule has 0 radical (unpaired) electrons. The Hall–Kier alpha value is -8.34. The molecule has 0 saturated heterocycles. The highest BCUT2D eigenvalue weighted by Gasteiger charge is 2.17. The summed E-state index contributed by atoms with van der Waals surface area (Å²) >= 11 is 0. The number of hydrogen-bond acceptors (Lipinski definition) is 4. The minimum absolute atomic E-state index is 0.635. The molecule has 0 amide bonds. The predicted octanol–water partition coefficient (Wildman–Crippen LogP) is 18.3. The van der Waals surface area contributed by atoms with Gasteiger partial charge >= 0.3 is 0 Å². The molecule has 70 heavy (non-hydrogen) atoms. The summed E-state index contributed by atoms with van der Waals surface area (Å²) in [4.78, 5) is 4.70. The molecule has 9 aromatic rings. The van der Waals surface area contributed by atoms with E-state index in [1.165, 1.54) is 44.5 Å². The number of para-hydroxylation sites is 1. The molecule has 9 aromatic carbocycles. The van der Waals surface area contributed by atoms with Crippen LogP contribution >= 0.6 is 0 Å². The van der Waals surface area contributed by atoms with Gasteiger partial charge in [-0.3, -0.25) is 0 Å². The van der Waals surface area contributed by atoms with E-state index >= 15 is 0 Å². The standard InChI is InChI=1S/C66H60N2O2/c1-7-69-63-41-22-52(23-42-63)16-15-51-18-33-59(34-19-51)67(64-43-13-47(3)45-49(64)5)61-37-29-56(30-38-61)54-25-27-55(28-26-54)57-31-39-62(40-32-57)68(65-44-14-48(4)46-50(65)6)60-35-20-53(21-36-60)17-24-58-11-9-10-12-66(58)70-8-2/h9-46H,7-8H2,1-6H3/b16-15+,24-17+. The summed E-state index contributed by atoms with van der Waals surface area (Å²) in [6, 6.07) is 74.0. The molecule has 0 fully saturated rings. The molecule has 0 atom stereocenters. The van der Waals surface area contributed by atoms with Gasteiger partial charge in [-0.25, -0.2) is 0 Å². The largest absolute Gasteiger partial charge is 0.494 e. The molecule has 4 nitrogen and oxygen atoms in total. The summed E-state index contributed by atoms with van der Waals surface area (Å²) in [6.07, 6.45) is 8.56. The second kappa shape index (κ2) is 21.7. The van der Waals surface area contributed by atoms with Crippen LogP contribution in [0.1, 0.15) is 58.4 Å². The Labute approximate surface area is 415 Å². The van der Waals surface area contributed by atoms with Gasteiger partial charge < -0.3 is 19.3 Å². The van der Waals surface area contributed by atoms with Crippen molar-refractivity contribution in [3.63, 3.8) is 0 Å². The van der Waals surface area contributed by atoms with E-state index in [0.29, 0.717) is 13.2 Å². The number of anilines is 6. The van der Waals surface area contributed by atoms with Crippen molar-refractivity contribution in [1.82, 2.24) is 0 Å². The molecule has 346 valence electrons. The van der Waals surface area contributed by atoms with Crippen molar-refractivity contribution in [3.8, 4) is 33.8 Å². The van der Waals surface area contributed by atoms with Crippen molar-refractivity contribution in [2.75, 3.05) is 23.0 Å². The lowest BCUT2D eigenvalue weighted by Gasteiger charge is -2.27. The average molecular weight is 913 g/mol. The van der Waals surface area contributed by atoms with E-state index in [-0.39, 0.29) is 0 Å². The van der Waals surface area contributed by atoms with E-state index < -0.39 is 0 Å². The Kier molecular flexibility index (Phi) is 14.5. The Balaban J connectivity index is 0.930. The second-order valence-electron chi connectivity index (χ2n) is 17.7. The average Bonchev–Trinajstić information content (AvgIpc) is 3.39. The van der Waals surface area contributed by atoms with E-state index in [1.54, 1.807) is 0 Å². The van der Waals surface area contributed by atoms with Crippen LogP contribution in [0.3, 0.4) is 0 Å². The highest BCUT2D eigenvalue weighted by Crippen LogP contribution is 2.40. The molecule has 0 aliphatic carbocycles. The molecular formula is C66H60N2O2. The van der Waals surface area contributed by atoms with Crippen molar-refractivity contribution in [2.24, 2.45) is 0 Å². The highest BCUT2D eigenvalue weighted by molar-refractivity contribution is 5.84. The van der Waals surface area contributed by atoms with E-state index in [2.05, 4.69) is 238 Å². The van der Waals surface area contributed by atoms with Crippen LogP contribution in [0.4, 0.5) is 34.1 Å². The van der Waals surface area contributed by atoms with Gasteiger partial charge in [-0.15, -0.1) is 0 Å². The molecule has 0 heterocycles. The Morgan fingerprint density at radius 2 is 0.714 bits per heavy atom. The van der Waals surface area contributed by atoms with E-state index in [9.17, 15) is 0 Å². The Morgan fingerprint density at radius 3 is 1.11 bits per heavy atom. The van der Waals surface area contributed by atoms with E-state index in [0.717, 1.165) is 67.9 Å². The maximum absolute atomic E-state index is 5.85.